The van der Waals surface area contributed by atoms with Crippen LogP contribution in [-0.4, -0.2) is 36.8 Å². The average molecular weight is 526 g/mol. The van der Waals surface area contributed by atoms with Gasteiger partial charge in [-0.25, -0.2) is 4.79 Å². The van der Waals surface area contributed by atoms with Crippen LogP contribution in [0.25, 0.3) is 0 Å². The standard InChI is InChI=1S/C27H21Cl2NO6/c1-16-4-2-3-5-23(16)30-14-18(12-25(30)32)26(33)35-15-24(31)17-6-9-20(10-7-17)36-27(34)21-11-8-19(28)13-22(21)29/h2-11,13,18H,12,14-15H2,1H3/t18-/m1/s1. The minimum absolute atomic E-state index is 0.0268. The van der Waals surface area contributed by atoms with Crippen LogP contribution in [0.1, 0.15) is 32.7 Å². The van der Waals surface area contributed by atoms with Gasteiger partial charge in [-0.05, 0) is 61.0 Å². The molecule has 1 fully saturated rings. The Balaban J connectivity index is 1.30. The lowest BCUT2D eigenvalue weighted by molar-refractivity contribution is -0.147. The van der Waals surface area contributed by atoms with E-state index in [9.17, 15) is 19.2 Å². The molecule has 1 aliphatic heterocycles. The molecule has 0 saturated carbocycles. The number of esters is 2. The van der Waals surface area contributed by atoms with Gasteiger partial charge in [0.05, 0.1) is 16.5 Å². The van der Waals surface area contributed by atoms with Crippen molar-refractivity contribution in [2.75, 3.05) is 18.1 Å². The summed E-state index contributed by atoms with van der Waals surface area (Å²) in [6.45, 7) is 1.63. The predicted molar refractivity (Wildman–Crippen MR) is 135 cm³/mol. The Bertz CT molecular complexity index is 1340. The van der Waals surface area contributed by atoms with Gasteiger partial charge in [0.1, 0.15) is 5.75 Å². The van der Waals surface area contributed by atoms with Gasteiger partial charge in [0.25, 0.3) is 0 Å². The normalized spacial score (nSPS) is 15.0. The minimum Gasteiger partial charge on any atom is -0.457 e. The van der Waals surface area contributed by atoms with Gasteiger partial charge in [0, 0.05) is 29.2 Å². The largest absolute Gasteiger partial charge is 0.457 e. The number of nitrogens with zero attached hydrogens (tertiary/aromatic N) is 1. The molecule has 0 aromatic heterocycles. The second-order valence-corrected chi connectivity index (χ2v) is 9.10. The lowest BCUT2D eigenvalue weighted by Crippen LogP contribution is -2.27. The van der Waals surface area contributed by atoms with Crippen LogP contribution in [0.3, 0.4) is 0 Å². The molecule has 1 atom stereocenters. The van der Waals surface area contributed by atoms with Gasteiger partial charge in [0.15, 0.2) is 12.4 Å². The molecule has 4 rings (SSSR count). The number of ether oxygens (including phenoxy) is 2. The van der Waals surface area contributed by atoms with Crippen LogP contribution in [0.15, 0.2) is 66.7 Å². The monoisotopic (exact) mass is 525 g/mol. The summed E-state index contributed by atoms with van der Waals surface area (Å²) in [5, 5.41) is 0.551. The second kappa shape index (κ2) is 10.9. The number of halogens is 2. The summed E-state index contributed by atoms with van der Waals surface area (Å²) >= 11 is 11.9. The molecule has 0 unspecified atom stereocenters. The molecular formula is C27H21Cl2NO6. The van der Waals surface area contributed by atoms with E-state index >= 15 is 0 Å². The van der Waals surface area contributed by atoms with Gasteiger partial charge in [-0.1, -0.05) is 41.4 Å². The molecule has 0 N–H and O–H groups in total. The number of carbonyl (C=O) groups is 4. The first-order valence-electron chi connectivity index (χ1n) is 11.1. The van der Waals surface area contributed by atoms with E-state index in [4.69, 9.17) is 32.7 Å². The number of Topliss-reactive ketones (excluding diaryl/α,β-unsaturated/α-hetero) is 1. The molecule has 184 valence electrons. The molecule has 1 heterocycles. The van der Waals surface area contributed by atoms with Crippen LogP contribution >= 0.6 is 23.2 Å². The number of aryl methyl sites for hydroxylation is 1. The molecule has 7 nitrogen and oxygen atoms in total. The molecule has 0 bridgehead atoms. The number of hydrogen-bond donors (Lipinski definition) is 0. The lowest BCUT2D eigenvalue weighted by atomic mass is 10.1. The quantitative estimate of drug-likeness (QED) is 0.236. The molecule has 1 amide bonds. The van der Waals surface area contributed by atoms with E-state index in [1.807, 2.05) is 31.2 Å². The summed E-state index contributed by atoms with van der Waals surface area (Å²) in [5.74, 6) is -2.30. The van der Waals surface area contributed by atoms with E-state index in [0.29, 0.717) is 5.02 Å². The Labute approximate surface area is 217 Å². The Morgan fingerprint density at radius 1 is 1.00 bits per heavy atom. The highest BCUT2D eigenvalue weighted by atomic mass is 35.5. The third kappa shape index (κ3) is 5.75. The zero-order valence-electron chi connectivity index (χ0n) is 19.2. The zero-order valence-corrected chi connectivity index (χ0v) is 20.7. The Morgan fingerprint density at radius 2 is 1.72 bits per heavy atom. The van der Waals surface area contributed by atoms with E-state index in [2.05, 4.69) is 0 Å². The summed E-state index contributed by atoms with van der Waals surface area (Å²) in [5.41, 5.74) is 2.11. The molecule has 36 heavy (non-hydrogen) atoms. The van der Waals surface area contributed by atoms with Crippen LogP contribution in [-0.2, 0) is 14.3 Å². The number of benzene rings is 3. The first-order chi connectivity index (χ1) is 17.2. The van der Waals surface area contributed by atoms with Gasteiger partial charge in [0.2, 0.25) is 5.91 Å². The van der Waals surface area contributed by atoms with E-state index < -0.39 is 30.2 Å². The fourth-order valence-corrected chi connectivity index (χ4v) is 4.31. The number of ketones is 1. The van der Waals surface area contributed by atoms with Crippen molar-refractivity contribution in [3.8, 4) is 5.75 Å². The maximum absolute atomic E-state index is 12.5. The van der Waals surface area contributed by atoms with Crippen molar-refractivity contribution in [1.29, 1.82) is 0 Å². The number of anilines is 1. The highest BCUT2D eigenvalue weighted by Crippen LogP contribution is 2.28. The lowest BCUT2D eigenvalue weighted by Gasteiger charge is -2.18. The summed E-state index contributed by atoms with van der Waals surface area (Å²) in [7, 11) is 0. The van der Waals surface area contributed by atoms with Crippen molar-refractivity contribution in [3.05, 3.63) is 93.5 Å². The zero-order chi connectivity index (χ0) is 25.8. The topological polar surface area (TPSA) is 90.0 Å². The number of rotatable bonds is 7. The summed E-state index contributed by atoms with van der Waals surface area (Å²) in [6.07, 6.45) is 0.0268. The van der Waals surface area contributed by atoms with E-state index in [-0.39, 0.29) is 40.8 Å². The van der Waals surface area contributed by atoms with E-state index in [1.165, 1.54) is 42.5 Å². The summed E-state index contributed by atoms with van der Waals surface area (Å²) in [4.78, 5) is 51.3. The van der Waals surface area contributed by atoms with Gasteiger partial charge in [-0.15, -0.1) is 0 Å². The third-order valence-corrected chi connectivity index (χ3v) is 6.30. The van der Waals surface area contributed by atoms with Crippen LogP contribution in [0, 0.1) is 12.8 Å². The van der Waals surface area contributed by atoms with Crippen molar-refractivity contribution < 1.29 is 28.7 Å². The van der Waals surface area contributed by atoms with Crippen LogP contribution in [0.4, 0.5) is 5.69 Å². The summed E-state index contributed by atoms with van der Waals surface area (Å²) < 4.78 is 10.5. The van der Waals surface area contributed by atoms with E-state index in [1.54, 1.807) is 4.90 Å². The highest BCUT2D eigenvalue weighted by Gasteiger charge is 2.36. The maximum atomic E-state index is 12.5. The molecule has 1 aliphatic rings. The Morgan fingerprint density at radius 3 is 2.42 bits per heavy atom. The van der Waals surface area contributed by atoms with Crippen molar-refractivity contribution in [2.24, 2.45) is 5.92 Å². The molecule has 9 heteroatoms. The number of amides is 1. The molecule has 1 saturated heterocycles. The first-order valence-corrected chi connectivity index (χ1v) is 11.8. The van der Waals surface area contributed by atoms with Crippen molar-refractivity contribution in [2.45, 2.75) is 13.3 Å². The number of hydrogen-bond acceptors (Lipinski definition) is 6. The Kier molecular flexibility index (Phi) is 7.72. The molecular weight excluding hydrogens is 505 g/mol. The minimum atomic E-state index is -0.671. The van der Waals surface area contributed by atoms with Gasteiger partial charge >= 0.3 is 11.9 Å². The smallest absolute Gasteiger partial charge is 0.345 e. The van der Waals surface area contributed by atoms with Crippen LogP contribution in [0.2, 0.25) is 10.0 Å². The molecule has 0 radical (unpaired) electrons. The van der Waals surface area contributed by atoms with Gasteiger partial charge in [-0.2, -0.15) is 0 Å². The summed E-state index contributed by atoms with van der Waals surface area (Å²) in [6, 6.07) is 17.7. The fraction of sp³-hybridized carbons (Fsp3) is 0.185. The van der Waals surface area contributed by atoms with Crippen molar-refractivity contribution in [1.82, 2.24) is 0 Å². The highest BCUT2D eigenvalue weighted by molar-refractivity contribution is 6.36. The Hall–Kier alpha value is -3.68. The van der Waals surface area contributed by atoms with Gasteiger partial charge in [-0.3, -0.25) is 14.4 Å². The first kappa shape index (κ1) is 25.4. The average Bonchev–Trinajstić information content (AvgIpc) is 3.24. The molecule has 0 aliphatic carbocycles. The number of carbonyl (C=O) groups excluding carboxylic acids is 4. The third-order valence-electron chi connectivity index (χ3n) is 5.75. The van der Waals surface area contributed by atoms with Gasteiger partial charge < -0.3 is 14.4 Å². The maximum Gasteiger partial charge on any atom is 0.345 e. The molecule has 3 aromatic carbocycles. The van der Waals surface area contributed by atoms with Crippen LogP contribution < -0.4 is 9.64 Å². The SMILES string of the molecule is Cc1ccccc1N1C[C@H](C(=O)OCC(=O)c2ccc(OC(=O)c3ccc(Cl)cc3Cl)cc2)CC1=O. The second-order valence-electron chi connectivity index (χ2n) is 8.26. The van der Waals surface area contributed by atoms with Crippen molar-refractivity contribution >= 4 is 52.5 Å². The predicted octanol–water partition coefficient (Wildman–Crippen LogP) is 5.30. The van der Waals surface area contributed by atoms with Crippen molar-refractivity contribution in [3.63, 3.8) is 0 Å². The molecule has 0 spiro atoms. The van der Waals surface area contributed by atoms with E-state index in [0.717, 1.165) is 11.3 Å². The van der Waals surface area contributed by atoms with Crippen LogP contribution in [0.5, 0.6) is 5.75 Å². The number of para-hydroxylation sites is 1. The molecule has 3 aromatic rings. The fourth-order valence-electron chi connectivity index (χ4n) is 3.83.